The number of non-ortho nitro benzene ring substituents is 1. The number of anilines is 1. The Morgan fingerprint density at radius 1 is 1.04 bits per heavy atom. The highest BCUT2D eigenvalue weighted by atomic mass is 16.6. The Morgan fingerprint density at radius 2 is 1.67 bits per heavy atom. The number of nitro benzene ring substituents is 1. The van der Waals surface area contributed by atoms with Crippen molar-refractivity contribution in [1.29, 1.82) is 0 Å². The van der Waals surface area contributed by atoms with Gasteiger partial charge in [-0.25, -0.2) is 4.79 Å². The van der Waals surface area contributed by atoms with Crippen molar-refractivity contribution < 1.29 is 23.9 Å². The molecule has 2 aromatic carbocycles. The van der Waals surface area contributed by atoms with E-state index < -0.39 is 11.0 Å². The first-order chi connectivity index (χ1) is 11.6. The molecule has 8 heteroatoms. The van der Waals surface area contributed by atoms with Crippen LogP contribution in [0.15, 0.2) is 48.5 Å². The predicted octanol–water partition coefficient (Wildman–Crippen LogP) is 3.23. The standard InChI is InChI=1S/C16H16N2O6/c1-22-10-11-23-14-6-2-12(3-7-14)17-16(19)24-15-8-4-13(5-9-15)18(20)21/h2-9H,10-11H2,1H3,(H,17,19). The number of nitrogens with zero attached hydrogens (tertiary/aromatic N) is 1. The van der Waals surface area contributed by atoms with E-state index in [1.165, 1.54) is 24.3 Å². The van der Waals surface area contributed by atoms with Crippen LogP contribution < -0.4 is 14.8 Å². The molecule has 0 unspecified atom stereocenters. The predicted molar refractivity (Wildman–Crippen MR) is 86.6 cm³/mol. The molecule has 0 saturated carbocycles. The average molecular weight is 332 g/mol. The van der Waals surface area contributed by atoms with Gasteiger partial charge in [0, 0.05) is 24.9 Å². The van der Waals surface area contributed by atoms with Gasteiger partial charge in [-0.1, -0.05) is 0 Å². The van der Waals surface area contributed by atoms with Crippen LogP contribution in [-0.2, 0) is 4.74 Å². The largest absolute Gasteiger partial charge is 0.491 e. The molecule has 1 amide bonds. The van der Waals surface area contributed by atoms with Crippen molar-refractivity contribution in [3.8, 4) is 11.5 Å². The molecule has 0 radical (unpaired) electrons. The maximum Gasteiger partial charge on any atom is 0.417 e. The van der Waals surface area contributed by atoms with Gasteiger partial charge in [-0.15, -0.1) is 0 Å². The van der Waals surface area contributed by atoms with Crippen molar-refractivity contribution in [3.05, 3.63) is 58.6 Å². The van der Waals surface area contributed by atoms with E-state index in [4.69, 9.17) is 14.2 Å². The van der Waals surface area contributed by atoms with Crippen molar-refractivity contribution in [1.82, 2.24) is 0 Å². The Bertz CT molecular complexity index is 685. The molecule has 0 aliphatic heterocycles. The Labute approximate surface area is 138 Å². The lowest BCUT2D eigenvalue weighted by Crippen LogP contribution is -2.16. The average Bonchev–Trinajstić information content (AvgIpc) is 2.57. The molecule has 0 aliphatic rings. The van der Waals surface area contributed by atoms with Crippen molar-refractivity contribution in [3.63, 3.8) is 0 Å². The molecule has 1 N–H and O–H groups in total. The monoisotopic (exact) mass is 332 g/mol. The quantitative estimate of drug-likeness (QED) is 0.475. The number of rotatable bonds is 7. The summed E-state index contributed by atoms with van der Waals surface area (Å²) in [6, 6.07) is 12.0. The summed E-state index contributed by atoms with van der Waals surface area (Å²) in [4.78, 5) is 21.8. The van der Waals surface area contributed by atoms with Crippen molar-refractivity contribution in [2.45, 2.75) is 0 Å². The Balaban J connectivity index is 1.86. The maximum atomic E-state index is 11.8. The maximum absolute atomic E-state index is 11.8. The third-order valence-corrected chi connectivity index (χ3v) is 2.91. The van der Waals surface area contributed by atoms with Gasteiger partial charge in [0.1, 0.15) is 18.1 Å². The van der Waals surface area contributed by atoms with Crippen molar-refractivity contribution in [2.75, 3.05) is 25.6 Å². The molecule has 24 heavy (non-hydrogen) atoms. The van der Waals surface area contributed by atoms with Gasteiger partial charge < -0.3 is 14.2 Å². The van der Waals surface area contributed by atoms with Gasteiger partial charge in [0.05, 0.1) is 11.5 Å². The molecule has 0 saturated heterocycles. The molecular weight excluding hydrogens is 316 g/mol. The van der Waals surface area contributed by atoms with Crippen LogP contribution in [0, 0.1) is 10.1 Å². The summed E-state index contributed by atoms with van der Waals surface area (Å²) in [6.07, 6.45) is -0.697. The normalized spacial score (nSPS) is 10.0. The lowest BCUT2D eigenvalue weighted by atomic mass is 10.3. The van der Waals surface area contributed by atoms with Crippen LogP contribution in [0.1, 0.15) is 0 Å². The smallest absolute Gasteiger partial charge is 0.417 e. The molecule has 2 rings (SSSR count). The van der Waals surface area contributed by atoms with Crippen molar-refractivity contribution >= 4 is 17.5 Å². The summed E-state index contributed by atoms with van der Waals surface area (Å²) in [5, 5.41) is 13.1. The summed E-state index contributed by atoms with van der Waals surface area (Å²) < 4.78 is 15.3. The number of benzene rings is 2. The van der Waals surface area contributed by atoms with Crippen LogP contribution >= 0.6 is 0 Å². The molecule has 0 aliphatic carbocycles. The third kappa shape index (κ3) is 5.25. The first kappa shape index (κ1) is 17.2. The zero-order valence-electron chi connectivity index (χ0n) is 12.9. The molecule has 2 aromatic rings. The number of nitro groups is 1. The lowest BCUT2D eigenvalue weighted by molar-refractivity contribution is -0.384. The zero-order chi connectivity index (χ0) is 17.4. The lowest BCUT2D eigenvalue weighted by Gasteiger charge is -2.08. The molecule has 0 spiro atoms. The number of hydrogen-bond donors (Lipinski definition) is 1. The SMILES string of the molecule is COCCOc1ccc(NC(=O)Oc2ccc([N+](=O)[O-])cc2)cc1. The Morgan fingerprint density at radius 3 is 2.25 bits per heavy atom. The number of nitrogens with one attached hydrogen (secondary N) is 1. The minimum atomic E-state index is -0.697. The molecule has 0 bridgehead atoms. The molecule has 8 nitrogen and oxygen atoms in total. The minimum absolute atomic E-state index is 0.0770. The molecule has 0 aromatic heterocycles. The molecule has 0 atom stereocenters. The van der Waals surface area contributed by atoms with E-state index in [1.54, 1.807) is 31.4 Å². The molecular formula is C16H16N2O6. The van der Waals surface area contributed by atoms with Crippen LogP contribution in [0.4, 0.5) is 16.2 Å². The zero-order valence-corrected chi connectivity index (χ0v) is 12.9. The van der Waals surface area contributed by atoms with Gasteiger partial charge in [0.25, 0.3) is 5.69 Å². The highest BCUT2D eigenvalue weighted by Crippen LogP contribution is 2.19. The first-order valence-electron chi connectivity index (χ1n) is 7.03. The number of amides is 1. The fourth-order valence-corrected chi connectivity index (χ4v) is 1.76. The highest BCUT2D eigenvalue weighted by molar-refractivity contribution is 5.86. The van der Waals surface area contributed by atoms with E-state index in [2.05, 4.69) is 5.32 Å². The van der Waals surface area contributed by atoms with Gasteiger partial charge in [-0.3, -0.25) is 15.4 Å². The number of ether oxygens (including phenoxy) is 3. The number of carbonyl (C=O) groups is 1. The summed E-state index contributed by atoms with van der Waals surface area (Å²) in [6.45, 7) is 0.924. The van der Waals surface area contributed by atoms with Crippen LogP contribution in [0.5, 0.6) is 11.5 Å². The Kier molecular flexibility index (Phi) is 6.09. The second-order valence-corrected chi connectivity index (χ2v) is 4.63. The van der Waals surface area contributed by atoms with Gasteiger partial charge in [0.2, 0.25) is 0 Å². The van der Waals surface area contributed by atoms with E-state index >= 15 is 0 Å². The van der Waals surface area contributed by atoms with Crippen LogP contribution in [0.3, 0.4) is 0 Å². The van der Waals surface area contributed by atoms with E-state index in [-0.39, 0.29) is 11.4 Å². The molecule has 126 valence electrons. The van der Waals surface area contributed by atoms with E-state index in [9.17, 15) is 14.9 Å². The van der Waals surface area contributed by atoms with E-state index in [1.807, 2.05) is 0 Å². The minimum Gasteiger partial charge on any atom is -0.491 e. The molecule has 0 heterocycles. The fourth-order valence-electron chi connectivity index (χ4n) is 1.76. The summed E-state index contributed by atoms with van der Waals surface area (Å²) in [5.74, 6) is 0.860. The van der Waals surface area contributed by atoms with Gasteiger partial charge in [0.15, 0.2) is 0 Å². The first-order valence-corrected chi connectivity index (χ1v) is 7.03. The Hall–Kier alpha value is -3.13. The van der Waals surface area contributed by atoms with Gasteiger partial charge in [-0.05, 0) is 36.4 Å². The summed E-state index contributed by atoms with van der Waals surface area (Å²) >= 11 is 0. The fraction of sp³-hybridized carbons (Fsp3) is 0.188. The topological polar surface area (TPSA) is 99.9 Å². The van der Waals surface area contributed by atoms with E-state index in [0.717, 1.165) is 0 Å². The highest BCUT2D eigenvalue weighted by Gasteiger charge is 2.08. The van der Waals surface area contributed by atoms with Crippen LogP contribution in [0.25, 0.3) is 0 Å². The van der Waals surface area contributed by atoms with E-state index in [0.29, 0.717) is 24.7 Å². The summed E-state index contributed by atoms with van der Waals surface area (Å²) in [7, 11) is 1.59. The second-order valence-electron chi connectivity index (χ2n) is 4.63. The van der Waals surface area contributed by atoms with Gasteiger partial charge >= 0.3 is 6.09 Å². The number of methoxy groups -OCH3 is 1. The molecule has 0 fully saturated rings. The third-order valence-electron chi connectivity index (χ3n) is 2.91. The number of hydrogen-bond acceptors (Lipinski definition) is 6. The summed E-state index contributed by atoms with van der Waals surface area (Å²) in [5.41, 5.74) is 0.452. The number of carbonyl (C=O) groups excluding carboxylic acids is 1. The van der Waals surface area contributed by atoms with Crippen molar-refractivity contribution in [2.24, 2.45) is 0 Å². The van der Waals surface area contributed by atoms with Crippen LogP contribution in [-0.4, -0.2) is 31.3 Å². The second kappa shape index (κ2) is 8.49. The van der Waals surface area contributed by atoms with Crippen LogP contribution in [0.2, 0.25) is 0 Å². The van der Waals surface area contributed by atoms with Gasteiger partial charge in [-0.2, -0.15) is 0 Å².